The molecule has 0 bridgehead atoms. The number of hydrogen-bond donors (Lipinski definition) is 1. The molecule has 0 saturated carbocycles. The molecule has 0 aromatic carbocycles. The van der Waals surface area contributed by atoms with E-state index in [2.05, 4.69) is 20.0 Å². The first-order valence-electron chi connectivity index (χ1n) is 5.42. The zero-order valence-electron chi connectivity index (χ0n) is 10.8. The number of ether oxygens (including phenoxy) is 1. The first-order valence-corrected chi connectivity index (χ1v) is 7.43. The Labute approximate surface area is 127 Å². The van der Waals surface area contributed by atoms with E-state index < -0.39 is 11.9 Å². The number of hydrogen-bond acceptors (Lipinski definition) is 7. The van der Waals surface area contributed by atoms with Gasteiger partial charge in [0, 0.05) is 9.75 Å². The standard InChI is InChI=1S/C11H10ClN3O3S2/c1-4-6(13-10(12)19-4)8(16)15-11-14-7(5(2)20-11)9(17)18-3/h1-3H3,(H,14,15,16). The van der Waals surface area contributed by atoms with Gasteiger partial charge in [-0.15, -0.1) is 22.7 Å². The Hall–Kier alpha value is -1.51. The molecule has 0 saturated heterocycles. The highest BCUT2D eigenvalue weighted by Crippen LogP contribution is 2.25. The molecule has 2 aromatic rings. The highest BCUT2D eigenvalue weighted by molar-refractivity contribution is 7.16. The summed E-state index contributed by atoms with van der Waals surface area (Å²) in [5.74, 6) is -0.942. The van der Waals surface area contributed by atoms with E-state index in [1.165, 1.54) is 29.8 Å². The summed E-state index contributed by atoms with van der Waals surface area (Å²) >= 11 is 8.18. The molecular formula is C11H10ClN3O3S2. The van der Waals surface area contributed by atoms with Gasteiger partial charge in [-0.25, -0.2) is 14.8 Å². The number of nitrogens with zero attached hydrogens (tertiary/aromatic N) is 2. The van der Waals surface area contributed by atoms with Gasteiger partial charge in [0.25, 0.3) is 5.91 Å². The summed E-state index contributed by atoms with van der Waals surface area (Å²) in [7, 11) is 1.28. The fourth-order valence-corrected chi connectivity index (χ4v) is 3.32. The Balaban J connectivity index is 2.20. The van der Waals surface area contributed by atoms with E-state index in [-0.39, 0.29) is 11.4 Å². The summed E-state index contributed by atoms with van der Waals surface area (Å²) in [5, 5.41) is 2.91. The van der Waals surface area contributed by atoms with Crippen LogP contribution in [0.15, 0.2) is 0 Å². The number of anilines is 1. The second kappa shape index (κ2) is 5.86. The summed E-state index contributed by atoms with van der Waals surface area (Å²) in [5.41, 5.74) is 0.452. The Morgan fingerprint density at radius 3 is 2.35 bits per heavy atom. The molecule has 2 heterocycles. The highest BCUT2D eigenvalue weighted by Gasteiger charge is 2.19. The lowest BCUT2D eigenvalue weighted by Gasteiger charge is -1.98. The number of esters is 1. The summed E-state index contributed by atoms with van der Waals surface area (Å²) in [6.07, 6.45) is 0. The molecule has 20 heavy (non-hydrogen) atoms. The lowest BCUT2D eigenvalue weighted by molar-refractivity contribution is 0.0594. The van der Waals surface area contributed by atoms with Crippen LogP contribution in [0.5, 0.6) is 0 Å². The zero-order chi connectivity index (χ0) is 14.9. The lowest BCUT2D eigenvalue weighted by atomic mass is 10.3. The number of amides is 1. The number of aromatic nitrogens is 2. The van der Waals surface area contributed by atoms with Gasteiger partial charge in [0.2, 0.25) is 0 Å². The van der Waals surface area contributed by atoms with E-state index in [1.54, 1.807) is 13.8 Å². The molecule has 0 aliphatic heterocycles. The van der Waals surface area contributed by atoms with Gasteiger partial charge in [-0.3, -0.25) is 10.1 Å². The molecule has 0 aliphatic carbocycles. The predicted octanol–water partition coefficient (Wildman–Crippen LogP) is 2.91. The topological polar surface area (TPSA) is 81.2 Å². The highest BCUT2D eigenvalue weighted by atomic mass is 35.5. The zero-order valence-corrected chi connectivity index (χ0v) is 13.2. The van der Waals surface area contributed by atoms with Crippen LogP contribution >= 0.6 is 34.3 Å². The second-order valence-electron chi connectivity index (χ2n) is 3.74. The van der Waals surface area contributed by atoms with Crippen molar-refractivity contribution in [1.29, 1.82) is 0 Å². The van der Waals surface area contributed by atoms with Crippen LogP contribution in [0.1, 0.15) is 30.7 Å². The number of carbonyl (C=O) groups is 2. The third kappa shape index (κ3) is 2.97. The van der Waals surface area contributed by atoms with E-state index in [1.807, 2.05) is 0 Å². The van der Waals surface area contributed by atoms with Crippen molar-refractivity contribution in [2.45, 2.75) is 13.8 Å². The maximum absolute atomic E-state index is 12.0. The fraction of sp³-hybridized carbons (Fsp3) is 0.273. The lowest BCUT2D eigenvalue weighted by Crippen LogP contribution is -2.13. The molecule has 9 heteroatoms. The normalized spacial score (nSPS) is 10.4. The molecule has 0 aliphatic rings. The molecule has 106 valence electrons. The van der Waals surface area contributed by atoms with Crippen molar-refractivity contribution in [3.05, 3.63) is 25.6 Å². The molecule has 0 radical (unpaired) electrons. The van der Waals surface area contributed by atoms with Crippen molar-refractivity contribution < 1.29 is 14.3 Å². The molecule has 0 spiro atoms. The Kier molecular flexibility index (Phi) is 4.36. The molecule has 2 rings (SSSR count). The molecule has 6 nitrogen and oxygen atoms in total. The Bertz CT molecular complexity index is 681. The average Bonchev–Trinajstić information content (AvgIpc) is 2.91. The van der Waals surface area contributed by atoms with E-state index in [9.17, 15) is 9.59 Å². The first-order chi connectivity index (χ1) is 9.42. The Morgan fingerprint density at radius 2 is 1.80 bits per heavy atom. The summed E-state index contributed by atoms with van der Waals surface area (Å²) in [6.45, 7) is 3.48. The van der Waals surface area contributed by atoms with E-state index >= 15 is 0 Å². The fourth-order valence-electron chi connectivity index (χ4n) is 1.47. The van der Waals surface area contributed by atoms with Crippen LogP contribution in [-0.4, -0.2) is 29.0 Å². The number of halogens is 1. The van der Waals surface area contributed by atoms with Gasteiger partial charge in [0.1, 0.15) is 5.69 Å². The van der Waals surface area contributed by atoms with E-state index in [0.29, 0.717) is 19.4 Å². The quantitative estimate of drug-likeness (QED) is 0.874. The number of aryl methyl sites for hydroxylation is 2. The third-order valence-electron chi connectivity index (χ3n) is 2.38. The van der Waals surface area contributed by atoms with Crippen molar-refractivity contribution in [3.8, 4) is 0 Å². The van der Waals surface area contributed by atoms with Gasteiger partial charge in [0.05, 0.1) is 7.11 Å². The van der Waals surface area contributed by atoms with Crippen LogP contribution in [0.3, 0.4) is 0 Å². The van der Waals surface area contributed by atoms with Gasteiger partial charge >= 0.3 is 5.97 Å². The van der Waals surface area contributed by atoms with Gasteiger partial charge in [-0.2, -0.15) is 0 Å². The smallest absolute Gasteiger partial charge is 0.357 e. The predicted molar refractivity (Wildman–Crippen MR) is 78.0 cm³/mol. The average molecular weight is 332 g/mol. The summed E-state index contributed by atoms with van der Waals surface area (Å²) in [4.78, 5) is 32.8. The Morgan fingerprint density at radius 1 is 1.15 bits per heavy atom. The second-order valence-corrected chi connectivity index (χ2v) is 6.73. The monoisotopic (exact) mass is 331 g/mol. The molecule has 2 aromatic heterocycles. The van der Waals surface area contributed by atoms with Gasteiger partial charge in [0.15, 0.2) is 15.3 Å². The van der Waals surface area contributed by atoms with Crippen LogP contribution < -0.4 is 5.32 Å². The number of nitrogens with one attached hydrogen (secondary N) is 1. The SMILES string of the molecule is COC(=O)c1nc(NC(=O)c2nc(Cl)sc2C)sc1C. The van der Waals surface area contributed by atoms with Gasteiger partial charge in [-0.05, 0) is 13.8 Å². The molecule has 0 unspecified atom stereocenters. The van der Waals surface area contributed by atoms with Gasteiger partial charge in [-0.1, -0.05) is 11.6 Å². The summed E-state index contributed by atoms with van der Waals surface area (Å²) < 4.78 is 4.91. The molecular weight excluding hydrogens is 322 g/mol. The minimum Gasteiger partial charge on any atom is -0.464 e. The van der Waals surface area contributed by atoms with E-state index in [0.717, 1.165) is 0 Å². The van der Waals surface area contributed by atoms with Crippen molar-refractivity contribution >= 4 is 51.3 Å². The number of carbonyl (C=O) groups excluding carboxylic acids is 2. The van der Waals surface area contributed by atoms with Crippen LogP contribution in [0.2, 0.25) is 4.47 Å². The molecule has 0 fully saturated rings. The van der Waals surface area contributed by atoms with Crippen LogP contribution in [-0.2, 0) is 4.74 Å². The number of rotatable bonds is 3. The summed E-state index contributed by atoms with van der Waals surface area (Å²) in [6, 6.07) is 0. The van der Waals surface area contributed by atoms with Crippen LogP contribution in [0.4, 0.5) is 5.13 Å². The van der Waals surface area contributed by atoms with Crippen molar-refractivity contribution in [2.24, 2.45) is 0 Å². The third-order valence-corrected chi connectivity index (χ3v) is 4.34. The first kappa shape index (κ1) is 14.9. The van der Waals surface area contributed by atoms with Crippen LogP contribution in [0.25, 0.3) is 0 Å². The van der Waals surface area contributed by atoms with Crippen LogP contribution in [0, 0.1) is 13.8 Å². The van der Waals surface area contributed by atoms with E-state index in [4.69, 9.17) is 11.6 Å². The van der Waals surface area contributed by atoms with Gasteiger partial charge < -0.3 is 4.74 Å². The molecule has 1 N–H and O–H groups in total. The minimum atomic E-state index is -0.535. The largest absolute Gasteiger partial charge is 0.464 e. The number of methoxy groups -OCH3 is 1. The maximum Gasteiger partial charge on any atom is 0.357 e. The van der Waals surface area contributed by atoms with Crippen molar-refractivity contribution in [3.63, 3.8) is 0 Å². The number of thiazole rings is 2. The minimum absolute atomic E-state index is 0.195. The van der Waals surface area contributed by atoms with Crippen molar-refractivity contribution in [1.82, 2.24) is 9.97 Å². The molecule has 0 atom stereocenters. The van der Waals surface area contributed by atoms with Crippen molar-refractivity contribution in [2.75, 3.05) is 12.4 Å². The molecule has 1 amide bonds. The maximum atomic E-state index is 12.0.